The molecule has 1 heterocycles. The van der Waals surface area contributed by atoms with E-state index in [1.54, 1.807) is 20.8 Å². The van der Waals surface area contributed by atoms with Crippen LogP contribution in [0.25, 0.3) is 0 Å². The number of ether oxygens (including phenoxy) is 1. The van der Waals surface area contributed by atoms with Crippen molar-refractivity contribution < 1.29 is 19.4 Å². The number of hydrogen-bond acceptors (Lipinski definition) is 3. The minimum atomic E-state index is -0.922. The lowest BCUT2D eigenvalue weighted by atomic mass is 9.86. The number of carbonyl (C=O) groups is 2. The van der Waals surface area contributed by atoms with Crippen molar-refractivity contribution in [2.75, 3.05) is 6.54 Å². The normalized spacial score (nSPS) is 22.7. The summed E-state index contributed by atoms with van der Waals surface area (Å²) in [6, 6.07) is -0.750. The summed E-state index contributed by atoms with van der Waals surface area (Å²) in [4.78, 5) is 25.2. The maximum Gasteiger partial charge on any atom is 0.411 e. The zero-order valence-electron chi connectivity index (χ0n) is 13.9. The molecule has 1 aliphatic heterocycles. The van der Waals surface area contributed by atoms with E-state index in [1.165, 1.54) is 4.90 Å². The molecule has 0 spiro atoms. The summed E-state index contributed by atoms with van der Waals surface area (Å²) in [6.07, 6.45) is 3.19. The van der Waals surface area contributed by atoms with Gasteiger partial charge in [-0.15, -0.1) is 0 Å². The molecular formula is C16H29NO4. The van der Waals surface area contributed by atoms with E-state index in [1.807, 2.05) is 0 Å². The Labute approximate surface area is 127 Å². The van der Waals surface area contributed by atoms with Crippen molar-refractivity contribution in [2.45, 2.75) is 71.9 Å². The SMILES string of the molecule is CCC(CC)C[C@H]1CCN(C(=O)OC(C)(C)C)[C@H]1C(=O)O. The molecule has 1 N–H and O–H groups in total. The van der Waals surface area contributed by atoms with Gasteiger partial charge in [-0.2, -0.15) is 0 Å². The number of aliphatic carboxylic acids is 1. The van der Waals surface area contributed by atoms with E-state index in [2.05, 4.69) is 13.8 Å². The van der Waals surface area contributed by atoms with Crippen LogP contribution in [-0.2, 0) is 9.53 Å². The fourth-order valence-electron chi connectivity index (χ4n) is 3.01. The number of nitrogens with zero attached hydrogens (tertiary/aromatic N) is 1. The molecule has 0 unspecified atom stereocenters. The topological polar surface area (TPSA) is 66.8 Å². The average Bonchev–Trinajstić information content (AvgIpc) is 2.77. The van der Waals surface area contributed by atoms with Crippen molar-refractivity contribution in [2.24, 2.45) is 11.8 Å². The highest BCUT2D eigenvalue weighted by Gasteiger charge is 2.43. The molecular weight excluding hydrogens is 270 g/mol. The molecule has 1 amide bonds. The van der Waals surface area contributed by atoms with E-state index in [0.717, 1.165) is 25.7 Å². The van der Waals surface area contributed by atoms with Crippen LogP contribution in [0.15, 0.2) is 0 Å². The van der Waals surface area contributed by atoms with Crippen LogP contribution >= 0.6 is 0 Å². The molecule has 0 bridgehead atoms. The maximum absolute atomic E-state index is 12.2. The van der Waals surface area contributed by atoms with Gasteiger partial charge in [0, 0.05) is 6.54 Å². The van der Waals surface area contributed by atoms with Gasteiger partial charge in [0.05, 0.1) is 0 Å². The summed E-state index contributed by atoms with van der Waals surface area (Å²) in [5.74, 6) is -0.371. The van der Waals surface area contributed by atoms with Crippen molar-refractivity contribution in [1.82, 2.24) is 4.90 Å². The summed E-state index contributed by atoms with van der Waals surface area (Å²) in [7, 11) is 0. The first-order valence-corrected chi connectivity index (χ1v) is 7.92. The number of carbonyl (C=O) groups excluding carboxylic acids is 1. The lowest BCUT2D eigenvalue weighted by Crippen LogP contribution is -2.45. The van der Waals surface area contributed by atoms with Gasteiger partial charge in [-0.3, -0.25) is 4.90 Å². The largest absolute Gasteiger partial charge is 0.480 e. The number of carboxylic acid groups (broad SMARTS) is 1. The van der Waals surface area contributed by atoms with Gasteiger partial charge in [-0.1, -0.05) is 26.7 Å². The van der Waals surface area contributed by atoms with Gasteiger partial charge >= 0.3 is 12.1 Å². The smallest absolute Gasteiger partial charge is 0.411 e. The summed E-state index contributed by atoms with van der Waals surface area (Å²) < 4.78 is 5.33. The van der Waals surface area contributed by atoms with Crippen LogP contribution in [-0.4, -0.2) is 40.3 Å². The first kappa shape index (κ1) is 17.8. The highest BCUT2D eigenvalue weighted by atomic mass is 16.6. The van der Waals surface area contributed by atoms with Crippen molar-refractivity contribution in [3.63, 3.8) is 0 Å². The van der Waals surface area contributed by atoms with Gasteiger partial charge in [0.25, 0.3) is 0 Å². The molecule has 122 valence electrons. The van der Waals surface area contributed by atoms with Crippen LogP contribution in [0, 0.1) is 11.8 Å². The van der Waals surface area contributed by atoms with Crippen molar-refractivity contribution >= 4 is 12.1 Å². The van der Waals surface area contributed by atoms with Crippen molar-refractivity contribution in [1.29, 1.82) is 0 Å². The fraction of sp³-hybridized carbons (Fsp3) is 0.875. The van der Waals surface area contributed by atoms with Gasteiger partial charge in [0.15, 0.2) is 0 Å². The fourth-order valence-corrected chi connectivity index (χ4v) is 3.01. The van der Waals surface area contributed by atoms with E-state index in [0.29, 0.717) is 12.5 Å². The van der Waals surface area contributed by atoms with Crippen molar-refractivity contribution in [3.05, 3.63) is 0 Å². The number of carboxylic acids is 1. The van der Waals surface area contributed by atoms with E-state index in [-0.39, 0.29) is 5.92 Å². The molecule has 5 heteroatoms. The molecule has 0 aromatic rings. The highest BCUT2D eigenvalue weighted by molar-refractivity contribution is 5.81. The van der Waals surface area contributed by atoms with Gasteiger partial charge in [0.1, 0.15) is 11.6 Å². The quantitative estimate of drug-likeness (QED) is 0.843. The Morgan fingerprint density at radius 3 is 2.29 bits per heavy atom. The van der Waals surface area contributed by atoms with Crippen LogP contribution in [0.4, 0.5) is 4.79 Å². The maximum atomic E-state index is 12.2. The highest BCUT2D eigenvalue weighted by Crippen LogP contribution is 2.33. The van der Waals surface area contributed by atoms with Crippen LogP contribution in [0.3, 0.4) is 0 Å². The number of amides is 1. The number of hydrogen-bond donors (Lipinski definition) is 1. The Balaban J connectivity index is 2.79. The second kappa shape index (κ2) is 7.14. The van der Waals surface area contributed by atoms with Crippen LogP contribution in [0.2, 0.25) is 0 Å². The summed E-state index contributed by atoms with van der Waals surface area (Å²) >= 11 is 0. The Hall–Kier alpha value is -1.26. The van der Waals surface area contributed by atoms with Crippen LogP contribution in [0.1, 0.15) is 60.3 Å². The van der Waals surface area contributed by atoms with Crippen LogP contribution in [0.5, 0.6) is 0 Å². The Morgan fingerprint density at radius 1 is 1.29 bits per heavy atom. The monoisotopic (exact) mass is 299 g/mol. The summed E-state index contributed by atoms with van der Waals surface area (Å²) in [6.45, 7) is 10.1. The van der Waals surface area contributed by atoms with E-state index in [9.17, 15) is 14.7 Å². The molecule has 1 aliphatic rings. The molecule has 5 nitrogen and oxygen atoms in total. The standard InChI is InChI=1S/C16H29NO4/c1-6-11(7-2)10-12-8-9-17(13(12)14(18)19)15(20)21-16(3,4)5/h11-13H,6-10H2,1-5H3,(H,18,19)/t12-,13-/m1/s1. The molecule has 0 radical (unpaired) electrons. The van der Waals surface area contributed by atoms with E-state index < -0.39 is 23.7 Å². The predicted molar refractivity (Wildman–Crippen MR) is 81.2 cm³/mol. The van der Waals surface area contributed by atoms with Gasteiger partial charge < -0.3 is 9.84 Å². The molecule has 1 fully saturated rings. The Morgan fingerprint density at radius 2 is 1.86 bits per heavy atom. The van der Waals surface area contributed by atoms with Gasteiger partial charge in [-0.25, -0.2) is 9.59 Å². The molecule has 1 saturated heterocycles. The summed E-state index contributed by atoms with van der Waals surface area (Å²) in [5.41, 5.74) is -0.604. The van der Waals surface area contributed by atoms with E-state index >= 15 is 0 Å². The lowest BCUT2D eigenvalue weighted by Gasteiger charge is -2.29. The number of rotatable bonds is 5. The Kier molecular flexibility index (Phi) is 6.05. The molecule has 21 heavy (non-hydrogen) atoms. The zero-order chi connectivity index (χ0) is 16.2. The zero-order valence-corrected chi connectivity index (χ0v) is 13.9. The summed E-state index contributed by atoms with van der Waals surface area (Å²) in [5, 5.41) is 9.51. The minimum Gasteiger partial charge on any atom is -0.480 e. The molecule has 0 saturated carbocycles. The molecule has 0 aromatic carbocycles. The third-order valence-electron chi connectivity index (χ3n) is 4.19. The van der Waals surface area contributed by atoms with Gasteiger partial charge in [-0.05, 0) is 45.4 Å². The van der Waals surface area contributed by atoms with Gasteiger partial charge in [0.2, 0.25) is 0 Å². The van der Waals surface area contributed by atoms with Crippen molar-refractivity contribution in [3.8, 4) is 0 Å². The number of likely N-dealkylation sites (tertiary alicyclic amines) is 1. The van der Waals surface area contributed by atoms with E-state index in [4.69, 9.17) is 4.74 Å². The Bertz CT molecular complexity index is 371. The van der Waals surface area contributed by atoms with Crippen LogP contribution < -0.4 is 0 Å². The lowest BCUT2D eigenvalue weighted by molar-refractivity contribution is -0.143. The third-order valence-corrected chi connectivity index (χ3v) is 4.19. The first-order chi connectivity index (χ1) is 9.69. The second-order valence-corrected chi connectivity index (χ2v) is 6.92. The minimum absolute atomic E-state index is 0.0277. The predicted octanol–water partition coefficient (Wildman–Crippen LogP) is 3.52. The molecule has 0 aliphatic carbocycles. The molecule has 1 rings (SSSR count). The average molecular weight is 299 g/mol. The molecule has 0 aromatic heterocycles. The second-order valence-electron chi connectivity index (χ2n) is 6.92. The first-order valence-electron chi connectivity index (χ1n) is 7.92. The molecule has 2 atom stereocenters. The third kappa shape index (κ3) is 4.90.